The van der Waals surface area contributed by atoms with Gasteiger partial charge in [-0.3, -0.25) is 0 Å². The number of rotatable bonds is 2. The summed E-state index contributed by atoms with van der Waals surface area (Å²) in [6.45, 7) is 2.26. The largest absolute Gasteiger partial charge is 0.396 e. The molecular weight excluding hydrogens is 216 g/mol. The maximum Gasteiger partial charge on any atom is 0.157 e. The van der Waals surface area contributed by atoms with E-state index in [1.807, 2.05) is 18.3 Å². The molecule has 1 fully saturated rings. The van der Waals surface area contributed by atoms with Crippen LogP contribution < -0.4 is 4.90 Å². The van der Waals surface area contributed by atoms with Crippen LogP contribution in [0.25, 0.3) is 5.65 Å². The summed E-state index contributed by atoms with van der Waals surface area (Å²) in [5.74, 6) is 1.47. The topological polar surface area (TPSA) is 53.7 Å². The quantitative estimate of drug-likeness (QED) is 0.837. The number of fused-ring (bicyclic) bond motifs is 1. The number of aliphatic hydroxyl groups is 1. The minimum atomic E-state index is 0.308. The van der Waals surface area contributed by atoms with E-state index in [9.17, 15) is 0 Å². The molecule has 1 N–H and O–H groups in total. The predicted octanol–water partition coefficient (Wildman–Crippen LogP) is 0.938. The molecule has 0 radical (unpaired) electrons. The van der Waals surface area contributed by atoms with Crippen molar-refractivity contribution < 1.29 is 5.11 Å². The van der Waals surface area contributed by atoms with Crippen LogP contribution in [0.2, 0.25) is 0 Å². The highest BCUT2D eigenvalue weighted by atomic mass is 16.3. The van der Waals surface area contributed by atoms with E-state index in [-0.39, 0.29) is 0 Å². The van der Waals surface area contributed by atoms with Crippen LogP contribution in [-0.2, 0) is 0 Å². The Morgan fingerprint density at radius 2 is 2.12 bits per heavy atom. The standard InChI is InChI=1S/C12H16N4O/c17-9-10-2-6-15(7-3-10)11-4-8-16-12(14-11)1-5-13-16/h1,4-5,8,10,17H,2-3,6-7,9H2. The predicted molar refractivity (Wildman–Crippen MR) is 65.0 cm³/mol. The Bertz CT molecular complexity index is 502. The summed E-state index contributed by atoms with van der Waals surface area (Å²) < 4.78 is 1.77. The van der Waals surface area contributed by atoms with E-state index >= 15 is 0 Å². The Labute approximate surface area is 99.7 Å². The van der Waals surface area contributed by atoms with Crippen LogP contribution in [-0.4, -0.2) is 39.4 Å². The fraction of sp³-hybridized carbons (Fsp3) is 0.500. The molecule has 5 nitrogen and oxygen atoms in total. The first-order valence-corrected chi connectivity index (χ1v) is 6.03. The van der Waals surface area contributed by atoms with E-state index in [0.29, 0.717) is 12.5 Å². The van der Waals surface area contributed by atoms with Crippen LogP contribution in [0.1, 0.15) is 12.8 Å². The molecule has 0 amide bonds. The Hall–Kier alpha value is -1.62. The summed E-state index contributed by atoms with van der Waals surface area (Å²) in [6.07, 6.45) is 5.78. The molecule has 0 aromatic carbocycles. The van der Waals surface area contributed by atoms with Gasteiger partial charge in [-0.05, 0) is 24.8 Å². The van der Waals surface area contributed by atoms with Crippen LogP contribution in [0.5, 0.6) is 0 Å². The molecule has 0 unspecified atom stereocenters. The first-order valence-electron chi connectivity index (χ1n) is 6.03. The van der Waals surface area contributed by atoms with Crippen molar-refractivity contribution in [2.24, 2.45) is 5.92 Å². The summed E-state index contributed by atoms with van der Waals surface area (Å²) in [6, 6.07) is 3.91. The summed E-state index contributed by atoms with van der Waals surface area (Å²) >= 11 is 0. The first-order chi connectivity index (χ1) is 8.36. The number of hydrogen-bond donors (Lipinski definition) is 1. The second-order valence-electron chi connectivity index (χ2n) is 4.53. The Balaban J connectivity index is 1.79. The van der Waals surface area contributed by atoms with Gasteiger partial charge in [0, 0.05) is 32.0 Å². The molecule has 1 saturated heterocycles. The highest BCUT2D eigenvalue weighted by Gasteiger charge is 2.19. The maximum atomic E-state index is 9.12. The van der Waals surface area contributed by atoms with Gasteiger partial charge in [-0.1, -0.05) is 0 Å². The number of nitrogens with zero attached hydrogens (tertiary/aromatic N) is 4. The van der Waals surface area contributed by atoms with E-state index in [4.69, 9.17) is 5.11 Å². The van der Waals surface area contributed by atoms with Gasteiger partial charge in [0.2, 0.25) is 0 Å². The molecule has 5 heteroatoms. The van der Waals surface area contributed by atoms with Gasteiger partial charge >= 0.3 is 0 Å². The van der Waals surface area contributed by atoms with Gasteiger partial charge in [-0.15, -0.1) is 0 Å². The summed E-state index contributed by atoms with van der Waals surface area (Å²) in [7, 11) is 0. The summed E-state index contributed by atoms with van der Waals surface area (Å²) in [4.78, 5) is 6.85. The molecule has 2 aromatic heterocycles. The minimum absolute atomic E-state index is 0.308. The molecule has 0 bridgehead atoms. The van der Waals surface area contributed by atoms with Crippen molar-refractivity contribution in [2.45, 2.75) is 12.8 Å². The normalized spacial score (nSPS) is 17.8. The van der Waals surface area contributed by atoms with Crippen molar-refractivity contribution in [1.29, 1.82) is 0 Å². The monoisotopic (exact) mass is 232 g/mol. The van der Waals surface area contributed by atoms with Crippen molar-refractivity contribution in [3.63, 3.8) is 0 Å². The number of aromatic nitrogens is 3. The lowest BCUT2D eigenvalue weighted by Gasteiger charge is -2.31. The second-order valence-corrected chi connectivity index (χ2v) is 4.53. The third kappa shape index (κ3) is 1.98. The Morgan fingerprint density at radius 3 is 2.88 bits per heavy atom. The fourth-order valence-electron chi connectivity index (χ4n) is 2.32. The summed E-state index contributed by atoms with van der Waals surface area (Å²) in [5.41, 5.74) is 0.881. The lowest BCUT2D eigenvalue weighted by molar-refractivity contribution is 0.203. The van der Waals surface area contributed by atoms with Crippen LogP contribution in [0.4, 0.5) is 5.82 Å². The molecular formula is C12H16N4O. The molecule has 0 aliphatic carbocycles. The number of anilines is 1. The Kier molecular flexibility index (Phi) is 2.68. The zero-order valence-corrected chi connectivity index (χ0v) is 9.66. The zero-order chi connectivity index (χ0) is 11.7. The second kappa shape index (κ2) is 4.33. The van der Waals surface area contributed by atoms with Gasteiger partial charge in [-0.2, -0.15) is 5.10 Å². The molecule has 0 atom stereocenters. The van der Waals surface area contributed by atoms with E-state index < -0.39 is 0 Å². The van der Waals surface area contributed by atoms with Gasteiger partial charge in [0.25, 0.3) is 0 Å². The average Bonchev–Trinajstić information content (AvgIpc) is 2.86. The van der Waals surface area contributed by atoms with Crippen molar-refractivity contribution >= 4 is 11.5 Å². The van der Waals surface area contributed by atoms with E-state index in [1.165, 1.54) is 0 Å². The molecule has 1 aliphatic rings. The average molecular weight is 232 g/mol. The number of piperidine rings is 1. The summed E-state index contributed by atoms with van der Waals surface area (Å²) in [5, 5.41) is 13.2. The van der Waals surface area contributed by atoms with Crippen molar-refractivity contribution in [3.8, 4) is 0 Å². The van der Waals surface area contributed by atoms with E-state index in [1.54, 1.807) is 10.7 Å². The number of hydrogen-bond acceptors (Lipinski definition) is 4. The smallest absolute Gasteiger partial charge is 0.157 e. The molecule has 3 heterocycles. The Morgan fingerprint density at radius 1 is 1.29 bits per heavy atom. The van der Waals surface area contributed by atoms with Gasteiger partial charge in [-0.25, -0.2) is 9.50 Å². The number of aliphatic hydroxyl groups excluding tert-OH is 1. The van der Waals surface area contributed by atoms with Crippen molar-refractivity contribution in [3.05, 3.63) is 24.5 Å². The van der Waals surface area contributed by atoms with Crippen LogP contribution >= 0.6 is 0 Å². The lowest BCUT2D eigenvalue weighted by Crippen LogP contribution is -2.35. The van der Waals surface area contributed by atoms with Crippen LogP contribution in [0.15, 0.2) is 24.5 Å². The maximum absolute atomic E-state index is 9.12. The first kappa shape index (κ1) is 10.5. The molecule has 3 rings (SSSR count). The molecule has 1 aliphatic heterocycles. The van der Waals surface area contributed by atoms with Gasteiger partial charge < -0.3 is 10.0 Å². The van der Waals surface area contributed by atoms with Gasteiger partial charge in [0.1, 0.15) is 5.82 Å². The minimum Gasteiger partial charge on any atom is -0.396 e. The zero-order valence-electron chi connectivity index (χ0n) is 9.66. The molecule has 17 heavy (non-hydrogen) atoms. The van der Waals surface area contributed by atoms with Crippen LogP contribution in [0, 0.1) is 5.92 Å². The van der Waals surface area contributed by atoms with Gasteiger partial charge in [0.15, 0.2) is 5.65 Å². The molecule has 0 spiro atoms. The van der Waals surface area contributed by atoms with E-state index in [0.717, 1.165) is 37.4 Å². The molecule has 90 valence electrons. The van der Waals surface area contributed by atoms with Crippen LogP contribution in [0.3, 0.4) is 0 Å². The fourth-order valence-corrected chi connectivity index (χ4v) is 2.32. The highest BCUT2D eigenvalue weighted by molar-refractivity contribution is 5.47. The SMILES string of the molecule is OCC1CCN(c2ccn3nccc3n2)CC1. The highest BCUT2D eigenvalue weighted by Crippen LogP contribution is 2.21. The molecule has 0 saturated carbocycles. The van der Waals surface area contributed by atoms with E-state index in [2.05, 4.69) is 15.0 Å². The van der Waals surface area contributed by atoms with Crippen molar-refractivity contribution in [1.82, 2.24) is 14.6 Å². The van der Waals surface area contributed by atoms with Crippen molar-refractivity contribution in [2.75, 3.05) is 24.6 Å². The lowest BCUT2D eigenvalue weighted by atomic mass is 9.98. The third-order valence-electron chi connectivity index (χ3n) is 3.44. The molecule has 2 aromatic rings. The van der Waals surface area contributed by atoms with Gasteiger partial charge in [0.05, 0.1) is 6.20 Å². The third-order valence-corrected chi connectivity index (χ3v) is 3.44.